The van der Waals surface area contributed by atoms with E-state index < -0.39 is 17.8 Å². The van der Waals surface area contributed by atoms with E-state index >= 15 is 0 Å². The smallest absolute Gasteiger partial charge is 0.254 e. The van der Waals surface area contributed by atoms with Crippen LogP contribution in [0, 0.1) is 11.7 Å². The Morgan fingerprint density at radius 3 is 2.68 bits per heavy atom. The summed E-state index contributed by atoms with van der Waals surface area (Å²) in [6.45, 7) is 4.89. The van der Waals surface area contributed by atoms with E-state index in [0.29, 0.717) is 6.54 Å². The summed E-state index contributed by atoms with van der Waals surface area (Å²) in [6.07, 6.45) is 6.01. The van der Waals surface area contributed by atoms with Gasteiger partial charge < -0.3 is 15.2 Å². The molecule has 0 saturated carbocycles. The highest BCUT2D eigenvalue weighted by molar-refractivity contribution is 5.97. The van der Waals surface area contributed by atoms with Gasteiger partial charge in [0.25, 0.3) is 5.91 Å². The largest absolute Gasteiger partial charge is 0.354 e. The molecule has 0 aliphatic heterocycles. The van der Waals surface area contributed by atoms with Crippen molar-refractivity contribution >= 4 is 11.8 Å². The molecule has 1 atom stereocenters. The molecule has 0 spiro atoms. The van der Waals surface area contributed by atoms with E-state index in [0.717, 1.165) is 13.0 Å². The number of aryl methyl sites for hydroxylation is 1. The molecule has 0 fully saturated rings. The van der Waals surface area contributed by atoms with Crippen LogP contribution in [0.15, 0.2) is 43.0 Å². The molecule has 0 bridgehead atoms. The van der Waals surface area contributed by atoms with Crippen molar-refractivity contribution in [1.29, 1.82) is 0 Å². The Balaban J connectivity index is 1.87. The molecule has 2 aromatic rings. The molecule has 25 heavy (non-hydrogen) atoms. The first-order valence-corrected chi connectivity index (χ1v) is 8.28. The third kappa shape index (κ3) is 5.41. The average molecular weight is 346 g/mol. The molecule has 2 N–H and O–H groups in total. The Labute approximate surface area is 146 Å². The second-order valence-electron chi connectivity index (χ2n) is 6.12. The normalized spacial score (nSPS) is 12.0. The predicted octanol–water partition coefficient (Wildman–Crippen LogP) is 1.98. The maximum atomic E-state index is 13.7. The Morgan fingerprint density at radius 2 is 2.04 bits per heavy atom. The number of benzene rings is 1. The molecule has 0 unspecified atom stereocenters. The molecule has 1 aromatic carbocycles. The van der Waals surface area contributed by atoms with Gasteiger partial charge in [-0.25, -0.2) is 9.37 Å². The lowest BCUT2D eigenvalue weighted by Gasteiger charge is -2.22. The van der Waals surface area contributed by atoms with Crippen LogP contribution in [0.25, 0.3) is 0 Å². The molecular weight excluding hydrogens is 323 g/mol. The number of carbonyl (C=O) groups is 2. The summed E-state index contributed by atoms with van der Waals surface area (Å²) in [7, 11) is 0. The topological polar surface area (TPSA) is 76.0 Å². The van der Waals surface area contributed by atoms with Crippen LogP contribution in [0.5, 0.6) is 0 Å². The maximum absolute atomic E-state index is 13.7. The molecule has 134 valence electrons. The Bertz CT molecular complexity index is 701. The Morgan fingerprint density at radius 1 is 1.28 bits per heavy atom. The van der Waals surface area contributed by atoms with Crippen LogP contribution in [0.1, 0.15) is 30.6 Å². The first kappa shape index (κ1) is 18.6. The van der Waals surface area contributed by atoms with Crippen LogP contribution >= 0.6 is 0 Å². The van der Waals surface area contributed by atoms with Crippen molar-refractivity contribution in [3.8, 4) is 0 Å². The highest BCUT2D eigenvalue weighted by Gasteiger charge is 2.25. The number of nitrogens with one attached hydrogen (secondary N) is 2. The van der Waals surface area contributed by atoms with Gasteiger partial charge in [0.1, 0.15) is 11.9 Å². The van der Waals surface area contributed by atoms with Crippen LogP contribution in [0.2, 0.25) is 0 Å². The summed E-state index contributed by atoms with van der Waals surface area (Å²) in [5.74, 6) is -1.59. The maximum Gasteiger partial charge on any atom is 0.254 e. The van der Waals surface area contributed by atoms with E-state index in [9.17, 15) is 14.0 Å². The van der Waals surface area contributed by atoms with Crippen LogP contribution in [-0.4, -0.2) is 34.0 Å². The van der Waals surface area contributed by atoms with Gasteiger partial charge in [0.05, 0.1) is 11.9 Å². The van der Waals surface area contributed by atoms with Gasteiger partial charge in [0, 0.05) is 25.5 Å². The number of imidazole rings is 1. The summed E-state index contributed by atoms with van der Waals surface area (Å²) in [4.78, 5) is 28.5. The quantitative estimate of drug-likeness (QED) is 0.718. The number of halogens is 1. The van der Waals surface area contributed by atoms with E-state index in [1.165, 1.54) is 18.2 Å². The van der Waals surface area contributed by atoms with E-state index in [4.69, 9.17) is 0 Å². The number of hydrogen-bond donors (Lipinski definition) is 2. The summed E-state index contributed by atoms with van der Waals surface area (Å²) < 4.78 is 15.6. The molecule has 2 amide bonds. The fourth-order valence-corrected chi connectivity index (χ4v) is 2.40. The number of amides is 2. The molecule has 0 saturated heterocycles. The monoisotopic (exact) mass is 346 g/mol. The zero-order chi connectivity index (χ0) is 18.2. The predicted molar refractivity (Wildman–Crippen MR) is 92.3 cm³/mol. The van der Waals surface area contributed by atoms with Crippen LogP contribution in [-0.2, 0) is 11.3 Å². The minimum absolute atomic E-state index is 0.0685. The fraction of sp³-hybridized carbons (Fsp3) is 0.389. The molecule has 1 heterocycles. The highest BCUT2D eigenvalue weighted by atomic mass is 19.1. The van der Waals surface area contributed by atoms with Crippen molar-refractivity contribution in [3.63, 3.8) is 0 Å². The van der Waals surface area contributed by atoms with Crippen molar-refractivity contribution in [2.24, 2.45) is 5.92 Å². The molecule has 0 aliphatic carbocycles. The summed E-state index contributed by atoms with van der Waals surface area (Å²) >= 11 is 0. The van der Waals surface area contributed by atoms with Crippen molar-refractivity contribution in [2.75, 3.05) is 6.54 Å². The van der Waals surface area contributed by atoms with E-state index in [1.54, 1.807) is 18.6 Å². The number of carbonyl (C=O) groups excluding carboxylic acids is 2. The minimum atomic E-state index is -0.722. The van der Waals surface area contributed by atoms with Gasteiger partial charge in [-0.3, -0.25) is 9.59 Å². The van der Waals surface area contributed by atoms with Gasteiger partial charge in [-0.15, -0.1) is 0 Å². The lowest BCUT2D eigenvalue weighted by Crippen LogP contribution is -2.50. The van der Waals surface area contributed by atoms with Crippen LogP contribution in [0.4, 0.5) is 4.39 Å². The van der Waals surface area contributed by atoms with Gasteiger partial charge >= 0.3 is 0 Å². The lowest BCUT2D eigenvalue weighted by atomic mass is 10.0. The van der Waals surface area contributed by atoms with Crippen LogP contribution < -0.4 is 10.6 Å². The second kappa shape index (κ2) is 8.96. The summed E-state index contributed by atoms with van der Waals surface area (Å²) in [6, 6.07) is 4.98. The number of rotatable bonds is 8. The average Bonchev–Trinajstić information content (AvgIpc) is 3.09. The number of hydrogen-bond acceptors (Lipinski definition) is 3. The third-order valence-electron chi connectivity index (χ3n) is 3.81. The number of nitrogens with zero attached hydrogens (tertiary/aromatic N) is 2. The fourth-order valence-electron chi connectivity index (χ4n) is 2.40. The van der Waals surface area contributed by atoms with Crippen molar-refractivity contribution in [3.05, 3.63) is 54.4 Å². The van der Waals surface area contributed by atoms with Crippen molar-refractivity contribution < 1.29 is 14.0 Å². The lowest BCUT2D eigenvalue weighted by molar-refractivity contribution is -0.123. The summed E-state index contributed by atoms with van der Waals surface area (Å²) in [5.41, 5.74) is -0.0685. The summed E-state index contributed by atoms with van der Waals surface area (Å²) in [5, 5.41) is 5.44. The van der Waals surface area contributed by atoms with Gasteiger partial charge in [0.2, 0.25) is 5.91 Å². The van der Waals surface area contributed by atoms with E-state index in [-0.39, 0.29) is 17.4 Å². The van der Waals surface area contributed by atoms with Crippen LogP contribution in [0.3, 0.4) is 0 Å². The molecule has 7 heteroatoms. The van der Waals surface area contributed by atoms with Crippen molar-refractivity contribution in [2.45, 2.75) is 32.9 Å². The third-order valence-corrected chi connectivity index (χ3v) is 3.81. The molecule has 2 rings (SSSR count). The Hall–Kier alpha value is -2.70. The molecule has 1 aromatic heterocycles. The zero-order valence-corrected chi connectivity index (χ0v) is 14.4. The molecule has 6 nitrogen and oxygen atoms in total. The zero-order valence-electron chi connectivity index (χ0n) is 14.4. The van der Waals surface area contributed by atoms with Crippen molar-refractivity contribution in [1.82, 2.24) is 20.2 Å². The minimum Gasteiger partial charge on any atom is -0.354 e. The van der Waals surface area contributed by atoms with E-state index in [1.807, 2.05) is 24.6 Å². The molecule has 0 radical (unpaired) electrons. The standard InChI is InChI=1S/C18H23FN4O2/c1-13(2)16(22-17(24)14-6-3-4-7-15(14)19)18(25)21-8-5-10-23-11-9-20-12-23/h3-4,6-7,9,11-13,16H,5,8,10H2,1-2H3,(H,21,25)(H,22,24)/t16-/m1/s1. The van der Waals surface area contributed by atoms with Gasteiger partial charge in [-0.1, -0.05) is 26.0 Å². The molecular formula is C18H23FN4O2. The molecule has 0 aliphatic rings. The van der Waals surface area contributed by atoms with Gasteiger partial charge in [-0.2, -0.15) is 0 Å². The van der Waals surface area contributed by atoms with Gasteiger partial charge in [-0.05, 0) is 24.5 Å². The second-order valence-corrected chi connectivity index (χ2v) is 6.12. The van der Waals surface area contributed by atoms with E-state index in [2.05, 4.69) is 15.6 Å². The number of aromatic nitrogens is 2. The first-order valence-electron chi connectivity index (χ1n) is 8.28. The Kier molecular flexibility index (Phi) is 6.68. The first-order chi connectivity index (χ1) is 12.0. The SMILES string of the molecule is CC(C)[C@@H](NC(=O)c1ccccc1F)C(=O)NCCCn1ccnc1. The van der Waals surface area contributed by atoms with Gasteiger partial charge in [0.15, 0.2) is 0 Å². The highest BCUT2D eigenvalue weighted by Crippen LogP contribution is 2.09.